The molecule has 2 aromatic heterocycles. The number of hydrogen-bond acceptors (Lipinski definition) is 8. The van der Waals surface area contributed by atoms with Crippen LogP contribution in [0.2, 0.25) is 0 Å². The molecule has 0 unspecified atom stereocenters. The number of thiazole rings is 1. The maximum atomic E-state index is 12.9. The average Bonchev–Trinajstić information content (AvgIpc) is 3.26. The van der Waals surface area contributed by atoms with Gasteiger partial charge in [0, 0.05) is 68.6 Å². The first-order valence-electron chi connectivity index (χ1n) is 11.0. The zero-order valence-electron chi connectivity index (χ0n) is 18.2. The lowest BCUT2D eigenvalue weighted by Gasteiger charge is -2.37. The number of anilines is 2. The molecule has 10 heteroatoms. The van der Waals surface area contributed by atoms with E-state index in [9.17, 15) is 9.59 Å². The molecule has 3 aromatic rings. The maximum absolute atomic E-state index is 12.9. The Morgan fingerprint density at radius 2 is 1.85 bits per heavy atom. The summed E-state index contributed by atoms with van der Waals surface area (Å²) >= 11 is 1.46. The minimum absolute atomic E-state index is 0.173. The number of para-hydroxylation sites is 1. The van der Waals surface area contributed by atoms with Crippen molar-refractivity contribution in [1.29, 1.82) is 0 Å². The standard InChI is InChI=1S/C23H25N7O2S/c31-21(30-12-10-29(11-13-30)17-4-2-1-3-5-17)16-28-9-6-18-20(15-28)33-23(26-18)27-22(32)19-14-24-7-8-25-19/h1-5,7-8,14H,6,9-13,15-16H2,(H,26,27,32). The Balaban J connectivity index is 1.13. The molecule has 2 aliphatic rings. The van der Waals surface area contributed by atoms with Gasteiger partial charge in [0.15, 0.2) is 5.13 Å². The van der Waals surface area contributed by atoms with Crippen molar-refractivity contribution >= 4 is 34.0 Å². The van der Waals surface area contributed by atoms with E-state index in [4.69, 9.17) is 0 Å². The van der Waals surface area contributed by atoms with Gasteiger partial charge in [-0.1, -0.05) is 18.2 Å². The average molecular weight is 464 g/mol. The molecule has 0 atom stereocenters. The van der Waals surface area contributed by atoms with Crippen LogP contribution in [-0.2, 0) is 17.8 Å². The van der Waals surface area contributed by atoms with E-state index in [1.165, 1.54) is 35.6 Å². The van der Waals surface area contributed by atoms with Crippen LogP contribution in [-0.4, -0.2) is 75.8 Å². The van der Waals surface area contributed by atoms with Gasteiger partial charge in [0.05, 0.1) is 18.4 Å². The first-order chi connectivity index (χ1) is 16.2. The molecule has 0 spiro atoms. The van der Waals surface area contributed by atoms with E-state index in [0.717, 1.165) is 49.7 Å². The van der Waals surface area contributed by atoms with Gasteiger partial charge in [-0.2, -0.15) is 0 Å². The van der Waals surface area contributed by atoms with Crippen molar-refractivity contribution in [2.45, 2.75) is 13.0 Å². The summed E-state index contributed by atoms with van der Waals surface area (Å²) in [6.07, 6.45) is 5.20. The normalized spacial score (nSPS) is 16.4. The fourth-order valence-corrected chi connectivity index (χ4v) is 5.20. The zero-order chi connectivity index (χ0) is 22.6. The highest BCUT2D eigenvalue weighted by molar-refractivity contribution is 7.15. The highest BCUT2D eigenvalue weighted by atomic mass is 32.1. The molecular formula is C23H25N7O2S. The zero-order valence-corrected chi connectivity index (χ0v) is 19.0. The number of hydrogen-bond donors (Lipinski definition) is 1. The summed E-state index contributed by atoms with van der Waals surface area (Å²) in [6, 6.07) is 10.3. The Labute approximate surface area is 196 Å². The van der Waals surface area contributed by atoms with Gasteiger partial charge in [0.2, 0.25) is 5.91 Å². The molecule has 4 heterocycles. The fourth-order valence-electron chi connectivity index (χ4n) is 4.16. The molecule has 1 aromatic carbocycles. The van der Waals surface area contributed by atoms with Gasteiger partial charge < -0.3 is 9.80 Å². The van der Waals surface area contributed by atoms with Gasteiger partial charge in [-0.3, -0.25) is 24.8 Å². The predicted octanol–water partition coefficient (Wildman–Crippen LogP) is 1.89. The largest absolute Gasteiger partial charge is 0.368 e. The lowest BCUT2D eigenvalue weighted by atomic mass is 10.2. The Morgan fingerprint density at radius 1 is 1.03 bits per heavy atom. The van der Waals surface area contributed by atoms with Crippen molar-refractivity contribution in [2.75, 3.05) is 49.5 Å². The molecule has 9 nitrogen and oxygen atoms in total. The third-order valence-electron chi connectivity index (χ3n) is 5.94. The molecule has 5 rings (SSSR count). The monoisotopic (exact) mass is 463 g/mol. The van der Waals surface area contributed by atoms with Crippen LogP contribution in [0.15, 0.2) is 48.9 Å². The molecule has 0 radical (unpaired) electrons. The van der Waals surface area contributed by atoms with E-state index in [1.54, 1.807) is 0 Å². The van der Waals surface area contributed by atoms with Crippen molar-refractivity contribution in [1.82, 2.24) is 24.8 Å². The second kappa shape index (κ2) is 9.63. The molecule has 0 saturated carbocycles. The van der Waals surface area contributed by atoms with Crippen molar-refractivity contribution in [3.8, 4) is 0 Å². The molecule has 1 fully saturated rings. The van der Waals surface area contributed by atoms with Crippen LogP contribution in [0.4, 0.5) is 10.8 Å². The van der Waals surface area contributed by atoms with Crippen LogP contribution in [0.1, 0.15) is 21.1 Å². The smallest absolute Gasteiger partial charge is 0.277 e. The number of carbonyl (C=O) groups excluding carboxylic acids is 2. The minimum atomic E-state index is -0.323. The number of fused-ring (bicyclic) bond motifs is 1. The second-order valence-electron chi connectivity index (χ2n) is 8.10. The summed E-state index contributed by atoms with van der Waals surface area (Å²) in [5.41, 5.74) is 2.46. The summed E-state index contributed by atoms with van der Waals surface area (Å²) in [7, 11) is 0. The maximum Gasteiger partial charge on any atom is 0.277 e. The summed E-state index contributed by atoms with van der Waals surface area (Å²) in [5.74, 6) is -0.150. The third-order valence-corrected chi connectivity index (χ3v) is 6.94. The quantitative estimate of drug-likeness (QED) is 0.618. The topological polar surface area (TPSA) is 94.6 Å². The van der Waals surface area contributed by atoms with E-state index in [0.29, 0.717) is 18.2 Å². The third kappa shape index (κ3) is 5.01. The Kier molecular flexibility index (Phi) is 6.27. The Hall–Kier alpha value is -3.37. The Bertz CT molecular complexity index is 1110. The van der Waals surface area contributed by atoms with Crippen molar-refractivity contribution in [3.05, 3.63) is 65.2 Å². The van der Waals surface area contributed by atoms with Crippen molar-refractivity contribution < 1.29 is 9.59 Å². The van der Waals surface area contributed by atoms with Crippen LogP contribution < -0.4 is 10.2 Å². The van der Waals surface area contributed by atoms with Crippen LogP contribution >= 0.6 is 11.3 Å². The summed E-state index contributed by atoms with van der Waals surface area (Å²) in [5, 5.41) is 3.36. The summed E-state index contributed by atoms with van der Waals surface area (Å²) in [4.78, 5) is 45.3. The molecule has 33 heavy (non-hydrogen) atoms. The number of piperazine rings is 1. The first-order valence-corrected chi connectivity index (χ1v) is 11.8. The molecule has 2 amide bonds. The molecule has 0 aliphatic carbocycles. The molecular weight excluding hydrogens is 438 g/mol. The van der Waals surface area contributed by atoms with E-state index < -0.39 is 0 Å². The van der Waals surface area contributed by atoms with Gasteiger partial charge in [-0.05, 0) is 12.1 Å². The van der Waals surface area contributed by atoms with Gasteiger partial charge in [-0.15, -0.1) is 11.3 Å². The predicted molar refractivity (Wildman–Crippen MR) is 126 cm³/mol. The number of carbonyl (C=O) groups is 2. The molecule has 2 aliphatic heterocycles. The molecule has 1 N–H and O–H groups in total. The number of benzene rings is 1. The number of nitrogens with zero attached hydrogens (tertiary/aromatic N) is 6. The second-order valence-corrected chi connectivity index (χ2v) is 9.18. The lowest BCUT2D eigenvalue weighted by molar-refractivity contribution is -0.132. The van der Waals surface area contributed by atoms with E-state index in [2.05, 4.69) is 42.2 Å². The highest BCUT2D eigenvalue weighted by Gasteiger charge is 2.26. The SMILES string of the molecule is O=C(Nc1nc2c(s1)CN(CC(=O)N1CCN(c3ccccc3)CC1)CC2)c1cnccn1. The van der Waals surface area contributed by atoms with E-state index in [1.807, 2.05) is 23.1 Å². The van der Waals surface area contributed by atoms with Gasteiger partial charge >= 0.3 is 0 Å². The molecule has 170 valence electrons. The van der Waals surface area contributed by atoms with Crippen molar-refractivity contribution in [2.24, 2.45) is 0 Å². The van der Waals surface area contributed by atoms with Crippen LogP contribution in [0.3, 0.4) is 0 Å². The summed E-state index contributed by atoms with van der Waals surface area (Å²) < 4.78 is 0. The van der Waals surface area contributed by atoms with Gasteiger partial charge in [0.1, 0.15) is 5.69 Å². The fraction of sp³-hybridized carbons (Fsp3) is 0.348. The lowest BCUT2D eigenvalue weighted by Crippen LogP contribution is -2.51. The van der Waals surface area contributed by atoms with Crippen molar-refractivity contribution in [3.63, 3.8) is 0 Å². The number of rotatable bonds is 5. The van der Waals surface area contributed by atoms with Crippen LogP contribution in [0.5, 0.6) is 0 Å². The van der Waals surface area contributed by atoms with Gasteiger partial charge in [0.25, 0.3) is 5.91 Å². The summed E-state index contributed by atoms with van der Waals surface area (Å²) in [6.45, 7) is 5.04. The highest BCUT2D eigenvalue weighted by Crippen LogP contribution is 2.28. The minimum Gasteiger partial charge on any atom is -0.368 e. The molecule has 1 saturated heterocycles. The Morgan fingerprint density at radius 3 is 2.61 bits per heavy atom. The van der Waals surface area contributed by atoms with Crippen LogP contribution in [0.25, 0.3) is 0 Å². The first kappa shape index (κ1) is 21.5. The number of amides is 2. The van der Waals surface area contributed by atoms with E-state index >= 15 is 0 Å². The number of nitrogens with one attached hydrogen (secondary N) is 1. The van der Waals surface area contributed by atoms with Crippen LogP contribution in [0, 0.1) is 0 Å². The van der Waals surface area contributed by atoms with Gasteiger partial charge in [-0.25, -0.2) is 9.97 Å². The number of aromatic nitrogens is 3. The van der Waals surface area contributed by atoms with E-state index in [-0.39, 0.29) is 17.5 Å². The molecule has 0 bridgehead atoms.